The molecule has 4 aliphatic rings. The van der Waals surface area contributed by atoms with E-state index < -0.39 is 11.6 Å². The van der Waals surface area contributed by atoms with Gasteiger partial charge < -0.3 is 43.3 Å². The minimum atomic E-state index is -1.55. The van der Waals surface area contributed by atoms with Gasteiger partial charge in [0.15, 0.2) is 0 Å². The van der Waals surface area contributed by atoms with Crippen LogP contribution in [0.1, 0.15) is 107 Å². The number of hydrogen-bond donors (Lipinski definition) is 0. The first-order valence-electron chi connectivity index (χ1n) is 29.7. The standard InChI is InChI=1S/C69H76F3N9O5/c1-46(56-11-9-33-74-65(56)81(41-49-16-24-54(84-6)25-17-49)42-50-18-26-55(85-7)27-19-50)78(3)66-59-43-77(2)69(37-61(59)75-67(76-66)86-45-68(31-32-68)44-79-34-28-51(29-35-79)64(71)72)30-8-10-57-60(70)36-62(58(38-73)63(57)69)80(39-47-12-20-52(82-4)21-13-47)40-48-14-22-53(83-5)23-15-48/h9,11-27,33,36,46H,8,10,28-32,34-35,37,39-45H2,1-7H3/t46-,69?/m1/s1. The lowest BCUT2D eigenvalue weighted by atomic mass is 9.68. The summed E-state index contributed by atoms with van der Waals surface area (Å²) in [6.07, 6.45) is 5.10. The van der Waals surface area contributed by atoms with E-state index in [1.54, 1.807) is 34.5 Å². The lowest BCUT2D eigenvalue weighted by molar-refractivity contribution is 0.0711. The quantitative estimate of drug-likeness (QED) is 0.0639. The molecule has 2 aromatic heterocycles. The van der Waals surface area contributed by atoms with Crippen molar-refractivity contribution in [2.45, 2.75) is 103 Å². The van der Waals surface area contributed by atoms with E-state index in [2.05, 4.69) is 81.9 Å². The number of nitrogens with zero attached hydrogens (tertiary/aromatic N) is 9. The first-order valence-corrected chi connectivity index (χ1v) is 29.7. The Balaban J connectivity index is 0.985. The molecule has 2 aliphatic heterocycles. The van der Waals surface area contributed by atoms with Crippen molar-refractivity contribution in [1.29, 1.82) is 5.26 Å². The average molecular weight is 1170 g/mol. The number of fused-ring (bicyclic) bond motifs is 3. The molecule has 5 aromatic carbocycles. The summed E-state index contributed by atoms with van der Waals surface area (Å²) >= 11 is 0. The Morgan fingerprint density at radius 1 is 0.698 bits per heavy atom. The highest BCUT2D eigenvalue weighted by molar-refractivity contribution is 5.68. The SMILES string of the molecule is COc1ccc(CN(Cc2ccc(OC)cc2)c2cc(F)c3c(c2C#N)C2(CCC3)Cc3nc(OCC4(CN5CCC(=C(F)F)CC5)CC4)nc(N(C)[C@H](C)c4cccnc4N(Cc4ccc(OC)cc4)Cc4ccc(OC)cc4)c3CN2C)cc1. The van der Waals surface area contributed by atoms with Gasteiger partial charge in [-0.05, 0) is 159 Å². The summed E-state index contributed by atoms with van der Waals surface area (Å²) in [7, 11) is 10.7. The van der Waals surface area contributed by atoms with Crippen LogP contribution in [-0.4, -0.2) is 93.5 Å². The zero-order chi connectivity index (χ0) is 60.1. The van der Waals surface area contributed by atoms with Gasteiger partial charge in [-0.2, -0.15) is 24.0 Å². The maximum atomic E-state index is 17.5. The number of methoxy groups -OCH3 is 4. The number of halogens is 3. The molecule has 2 aliphatic carbocycles. The summed E-state index contributed by atoms with van der Waals surface area (Å²) in [5, 5.41) is 11.6. The predicted octanol–water partition coefficient (Wildman–Crippen LogP) is 13.2. The molecule has 1 saturated carbocycles. The van der Waals surface area contributed by atoms with Gasteiger partial charge in [0, 0.05) is 88.6 Å². The molecule has 1 spiro atoms. The molecule has 448 valence electrons. The largest absolute Gasteiger partial charge is 0.497 e. The van der Waals surface area contributed by atoms with Gasteiger partial charge in [0.05, 0.1) is 63.6 Å². The van der Waals surface area contributed by atoms with Gasteiger partial charge in [-0.15, -0.1) is 0 Å². The van der Waals surface area contributed by atoms with Gasteiger partial charge in [-0.3, -0.25) is 4.90 Å². The molecule has 0 radical (unpaired) electrons. The van der Waals surface area contributed by atoms with Crippen LogP contribution in [0.2, 0.25) is 0 Å². The number of nitriles is 1. The Morgan fingerprint density at radius 2 is 1.23 bits per heavy atom. The first-order chi connectivity index (χ1) is 41.7. The Hall–Kier alpha value is -8.33. The van der Waals surface area contributed by atoms with Crippen LogP contribution in [0.15, 0.2) is 133 Å². The molecule has 11 rings (SSSR count). The highest BCUT2D eigenvalue weighted by atomic mass is 19.3. The molecule has 0 amide bonds. The predicted molar refractivity (Wildman–Crippen MR) is 328 cm³/mol. The number of likely N-dealkylation sites (tertiary alicyclic amines) is 1. The van der Waals surface area contributed by atoms with E-state index in [4.69, 9.17) is 38.6 Å². The van der Waals surface area contributed by atoms with Crippen molar-refractivity contribution in [3.05, 3.63) is 195 Å². The molecule has 1 saturated heterocycles. The second-order valence-corrected chi connectivity index (χ2v) is 23.6. The normalized spacial score (nSPS) is 17.4. The van der Waals surface area contributed by atoms with Crippen LogP contribution < -0.4 is 38.4 Å². The molecular weight excluding hydrogens is 1090 g/mol. The van der Waals surface area contributed by atoms with Gasteiger partial charge in [0.2, 0.25) is 0 Å². The van der Waals surface area contributed by atoms with Crippen molar-refractivity contribution < 1.29 is 36.9 Å². The lowest BCUT2D eigenvalue weighted by Gasteiger charge is -2.50. The van der Waals surface area contributed by atoms with Gasteiger partial charge in [-0.1, -0.05) is 54.6 Å². The molecule has 4 heterocycles. The Kier molecular flexibility index (Phi) is 17.8. The highest BCUT2D eigenvalue weighted by Crippen LogP contribution is 2.52. The average Bonchev–Trinajstić information content (AvgIpc) is 0.930. The smallest absolute Gasteiger partial charge is 0.318 e. The summed E-state index contributed by atoms with van der Waals surface area (Å²) in [6, 6.07) is 40.2. The van der Waals surface area contributed by atoms with E-state index in [0.29, 0.717) is 119 Å². The number of aromatic nitrogens is 3. The van der Waals surface area contributed by atoms with Crippen LogP contribution in [0, 0.1) is 22.6 Å². The Labute approximate surface area is 503 Å². The van der Waals surface area contributed by atoms with Crippen molar-refractivity contribution in [2.24, 2.45) is 5.41 Å². The molecular formula is C69H76F3N9O5. The maximum Gasteiger partial charge on any atom is 0.318 e. The minimum Gasteiger partial charge on any atom is -0.497 e. The van der Waals surface area contributed by atoms with Crippen molar-refractivity contribution in [3.63, 3.8) is 0 Å². The fourth-order valence-electron chi connectivity index (χ4n) is 13.0. The van der Waals surface area contributed by atoms with Crippen LogP contribution in [0.3, 0.4) is 0 Å². The molecule has 2 fully saturated rings. The van der Waals surface area contributed by atoms with Crippen LogP contribution >= 0.6 is 0 Å². The third-order valence-electron chi connectivity index (χ3n) is 18.3. The van der Waals surface area contributed by atoms with E-state index >= 15 is 4.39 Å². The summed E-state index contributed by atoms with van der Waals surface area (Å²) in [4.78, 5) is 27.0. The van der Waals surface area contributed by atoms with Gasteiger partial charge in [-0.25, -0.2) is 9.37 Å². The van der Waals surface area contributed by atoms with E-state index in [1.165, 1.54) is 0 Å². The third kappa shape index (κ3) is 12.6. The zero-order valence-corrected chi connectivity index (χ0v) is 50.3. The zero-order valence-electron chi connectivity index (χ0n) is 50.3. The summed E-state index contributed by atoms with van der Waals surface area (Å²) in [5.41, 5.74) is 8.25. The van der Waals surface area contributed by atoms with Gasteiger partial charge in [0.1, 0.15) is 46.5 Å². The number of hydrogen-bond acceptors (Lipinski definition) is 14. The number of benzene rings is 5. The van der Waals surface area contributed by atoms with Crippen molar-refractivity contribution in [1.82, 2.24) is 24.8 Å². The second-order valence-electron chi connectivity index (χ2n) is 23.6. The molecule has 0 bridgehead atoms. The first kappa shape index (κ1) is 59.4. The number of pyridine rings is 1. The van der Waals surface area contributed by atoms with Crippen molar-refractivity contribution in [2.75, 3.05) is 83.5 Å². The number of piperidine rings is 1. The lowest BCUT2D eigenvalue weighted by Crippen LogP contribution is -2.51. The molecule has 86 heavy (non-hydrogen) atoms. The third-order valence-corrected chi connectivity index (χ3v) is 18.3. The van der Waals surface area contributed by atoms with Crippen LogP contribution in [0.4, 0.5) is 30.5 Å². The fraction of sp³-hybridized carbons (Fsp3) is 0.391. The Bertz CT molecular complexity index is 3480. The highest BCUT2D eigenvalue weighted by Gasteiger charge is 2.49. The number of anilines is 3. The summed E-state index contributed by atoms with van der Waals surface area (Å²) < 4.78 is 73.6. The maximum absolute atomic E-state index is 17.5. The molecule has 7 aromatic rings. The molecule has 0 N–H and O–H groups in total. The minimum absolute atomic E-state index is 0.168. The van der Waals surface area contributed by atoms with E-state index in [1.807, 2.05) is 85.1 Å². The van der Waals surface area contributed by atoms with E-state index in [0.717, 1.165) is 87.3 Å². The topological polar surface area (TPSA) is 125 Å². The van der Waals surface area contributed by atoms with Gasteiger partial charge >= 0.3 is 6.01 Å². The van der Waals surface area contributed by atoms with Crippen molar-refractivity contribution in [3.8, 4) is 35.1 Å². The van der Waals surface area contributed by atoms with Crippen molar-refractivity contribution >= 4 is 17.3 Å². The van der Waals surface area contributed by atoms with Crippen LogP contribution in [0.25, 0.3) is 0 Å². The van der Waals surface area contributed by atoms with E-state index in [-0.39, 0.29) is 28.9 Å². The van der Waals surface area contributed by atoms with E-state index in [9.17, 15) is 14.0 Å². The molecule has 17 heteroatoms. The molecule has 1 unspecified atom stereocenters. The monoisotopic (exact) mass is 1170 g/mol. The summed E-state index contributed by atoms with van der Waals surface area (Å²) in [6.45, 7) is 6.72. The molecule has 2 atom stereocenters. The number of rotatable bonds is 22. The Morgan fingerprint density at radius 3 is 1.73 bits per heavy atom. The summed E-state index contributed by atoms with van der Waals surface area (Å²) in [5.74, 6) is 4.17. The number of likely N-dealkylation sites (N-methyl/N-ethyl adjacent to an activating group) is 1. The second kappa shape index (κ2) is 25.7. The van der Waals surface area contributed by atoms with Gasteiger partial charge in [0.25, 0.3) is 6.08 Å². The molecule has 14 nitrogen and oxygen atoms in total. The van der Waals surface area contributed by atoms with Crippen LogP contribution in [0.5, 0.6) is 29.0 Å². The number of ether oxygens (including phenoxy) is 5. The van der Waals surface area contributed by atoms with Crippen LogP contribution in [-0.2, 0) is 51.1 Å². The fourth-order valence-corrected chi connectivity index (χ4v) is 13.0.